The molecule has 0 amide bonds. The molecular formula is C27H30. The first-order valence-electron chi connectivity index (χ1n) is 10.8. The quantitative estimate of drug-likeness (QED) is 0.516. The number of fused-ring (bicyclic) bond motifs is 4. The van der Waals surface area contributed by atoms with E-state index < -0.39 is 0 Å². The van der Waals surface area contributed by atoms with Crippen molar-refractivity contribution in [2.24, 2.45) is 17.8 Å². The van der Waals surface area contributed by atoms with E-state index in [0.29, 0.717) is 0 Å². The van der Waals surface area contributed by atoms with Gasteiger partial charge in [0, 0.05) is 0 Å². The summed E-state index contributed by atoms with van der Waals surface area (Å²) in [4.78, 5) is 0. The third-order valence-corrected chi connectivity index (χ3v) is 7.28. The van der Waals surface area contributed by atoms with Crippen molar-refractivity contribution in [2.75, 3.05) is 0 Å². The van der Waals surface area contributed by atoms with E-state index in [1.807, 2.05) is 0 Å². The number of benzene rings is 2. The predicted octanol–water partition coefficient (Wildman–Crippen LogP) is 7.10. The number of hydrogen-bond donors (Lipinski definition) is 0. The molecule has 0 spiro atoms. The highest BCUT2D eigenvalue weighted by atomic mass is 14.4. The van der Waals surface area contributed by atoms with E-state index in [1.165, 1.54) is 50.5 Å². The molecule has 2 saturated carbocycles. The highest BCUT2D eigenvalue weighted by Crippen LogP contribution is 2.49. The third-order valence-electron chi connectivity index (χ3n) is 7.28. The Morgan fingerprint density at radius 1 is 0.630 bits per heavy atom. The van der Waals surface area contributed by atoms with Crippen molar-refractivity contribution < 1.29 is 0 Å². The Morgan fingerprint density at radius 3 is 1.81 bits per heavy atom. The maximum absolute atomic E-state index is 2.46. The van der Waals surface area contributed by atoms with Gasteiger partial charge in [0.05, 0.1) is 0 Å². The summed E-state index contributed by atoms with van der Waals surface area (Å²) in [5, 5.41) is 0. The van der Waals surface area contributed by atoms with Gasteiger partial charge >= 0.3 is 0 Å². The lowest BCUT2D eigenvalue weighted by atomic mass is 9.86. The molecule has 4 atom stereocenters. The van der Waals surface area contributed by atoms with E-state index in [9.17, 15) is 0 Å². The second-order valence-corrected chi connectivity index (χ2v) is 9.00. The zero-order chi connectivity index (χ0) is 18.1. The number of allylic oxidation sites excluding steroid dienone is 4. The van der Waals surface area contributed by atoms with Gasteiger partial charge in [-0.15, -0.1) is 0 Å². The SMILES string of the molecule is C1=C2CC(C1)C(Cc1ccccc1)C2.C1=C2CC(C1)C(c1ccccc1)C2. The van der Waals surface area contributed by atoms with Gasteiger partial charge in [-0.2, -0.15) is 0 Å². The van der Waals surface area contributed by atoms with Crippen LogP contribution in [0.1, 0.15) is 55.6 Å². The molecule has 0 heterocycles. The van der Waals surface area contributed by atoms with Crippen LogP contribution in [-0.4, -0.2) is 0 Å². The number of rotatable bonds is 3. The summed E-state index contributed by atoms with van der Waals surface area (Å²) in [6.07, 6.45) is 14.4. The van der Waals surface area contributed by atoms with Gasteiger partial charge in [-0.25, -0.2) is 0 Å². The first kappa shape index (κ1) is 17.0. The van der Waals surface area contributed by atoms with Crippen LogP contribution in [0, 0.1) is 17.8 Å². The summed E-state index contributed by atoms with van der Waals surface area (Å²) in [5.41, 5.74) is 6.51. The molecule has 0 aliphatic heterocycles. The first-order chi connectivity index (χ1) is 13.3. The van der Waals surface area contributed by atoms with Crippen LogP contribution in [-0.2, 0) is 6.42 Å². The van der Waals surface area contributed by atoms with Crippen molar-refractivity contribution in [3.8, 4) is 0 Å². The minimum absolute atomic E-state index is 0.834. The lowest BCUT2D eigenvalue weighted by molar-refractivity contribution is 0.388. The fourth-order valence-corrected chi connectivity index (χ4v) is 5.84. The van der Waals surface area contributed by atoms with E-state index in [1.54, 1.807) is 16.7 Å². The predicted molar refractivity (Wildman–Crippen MR) is 114 cm³/mol. The highest BCUT2D eigenvalue weighted by molar-refractivity contribution is 5.30. The average Bonchev–Trinajstić information content (AvgIpc) is 3.52. The molecule has 2 aromatic carbocycles. The lowest BCUT2D eigenvalue weighted by Gasteiger charge is -2.18. The van der Waals surface area contributed by atoms with Gasteiger partial charge in [-0.1, -0.05) is 84.0 Å². The van der Waals surface area contributed by atoms with Gasteiger partial charge in [-0.3, -0.25) is 0 Å². The molecule has 4 aliphatic rings. The highest BCUT2D eigenvalue weighted by Gasteiger charge is 2.34. The Bertz CT molecular complexity index is 827. The van der Waals surface area contributed by atoms with Crippen LogP contribution in [0.25, 0.3) is 0 Å². The van der Waals surface area contributed by atoms with Crippen LogP contribution >= 0.6 is 0 Å². The third kappa shape index (κ3) is 3.68. The van der Waals surface area contributed by atoms with Crippen molar-refractivity contribution in [3.63, 3.8) is 0 Å². The monoisotopic (exact) mass is 354 g/mol. The molecule has 4 aliphatic carbocycles. The maximum atomic E-state index is 2.46. The second-order valence-electron chi connectivity index (χ2n) is 9.00. The molecule has 4 unspecified atom stereocenters. The zero-order valence-corrected chi connectivity index (χ0v) is 16.2. The van der Waals surface area contributed by atoms with Crippen LogP contribution in [0.4, 0.5) is 0 Å². The molecule has 27 heavy (non-hydrogen) atoms. The normalized spacial score (nSPS) is 29.9. The molecule has 0 nitrogen and oxygen atoms in total. The minimum Gasteiger partial charge on any atom is -0.0850 e. The molecular weight excluding hydrogens is 324 g/mol. The Labute approximate surface area is 164 Å². The molecule has 0 saturated heterocycles. The maximum Gasteiger partial charge on any atom is -0.00904 e. The molecule has 2 aromatic rings. The van der Waals surface area contributed by atoms with Crippen molar-refractivity contribution >= 4 is 0 Å². The van der Waals surface area contributed by atoms with Gasteiger partial charge in [0.1, 0.15) is 0 Å². The summed E-state index contributed by atoms with van der Waals surface area (Å²) in [6.45, 7) is 0. The van der Waals surface area contributed by atoms with Crippen LogP contribution in [0.3, 0.4) is 0 Å². The van der Waals surface area contributed by atoms with Crippen LogP contribution < -0.4 is 0 Å². The Morgan fingerprint density at radius 2 is 1.26 bits per heavy atom. The van der Waals surface area contributed by atoms with Crippen LogP contribution in [0.5, 0.6) is 0 Å². The number of hydrogen-bond acceptors (Lipinski definition) is 0. The van der Waals surface area contributed by atoms with E-state index in [0.717, 1.165) is 23.7 Å². The van der Waals surface area contributed by atoms with Crippen LogP contribution in [0.15, 0.2) is 84.0 Å². The molecule has 2 fully saturated rings. The summed E-state index contributed by atoms with van der Waals surface area (Å²) in [7, 11) is 0. The summed E-state index contributed by atoms with van der Waals surface area (Å²) in [5.74, 6) is 3.68. The van der Waals surface area contributed by atoms with E-state index in [-0.39, 0.29) is 0 Å². The summed E-state index contributed by atoms with van der Waals surface area (Å²) >= 11 is 0. The Balaban J connectivity index is 0.000000119. The van der Waals surface area contributed by atoms with Gasteiger partial charge in [-0.05, 0) is 79.7 Å². The molecule has 0 heteroatoms. The minimum atomic E-state index is 0.834. The molecule has 0 N–H and O–H groups in total. The van der Waals surface area contributed by atoms with Crippen molar-refractivity contribution in [1.82, 2.24) is 0 Å². The fraction of sp³-hybridized carbons (Fsp3) is 0.407. The van der Waals surface area contributed by atoms with Crippen molar-refractivity contribution in [3.05, 3.63) is 95.1 Å². The largest absolute Gasteiger partial charge is 0.0850 e. The van der Waals surface area contributed by atoms with Gasteiger partial charge in [0.25, 0.3) is 0 Å². The Kier molecular flexibility index (Phi) is 4.74. The molecule has 0 aromatic heterocycles. The summed E-state index contributed by atoms with van der Waals surface area (Å²) < 4.78 is 0. The summed E-state index contributed by atoms with van der Waals surface area (Å²) in [6, 6.07) is 21.9. The standard InChI is InChI=1S/C14H16.C13H14/c1-2-4-11(5-3-1)8-14-10-12-6-7-13(14)9-12;1-2-4-11(5-3-1)13-9-10-6-7-12(13)8-10/h1-6,13-14H,7-10H2;1-6,12-13H,7-9H2. The second kappa shape index (κ2) is 7.50. The Hall–Kier alpha value is -2.08. The van der Waals surface area contributed by atoms with Gasteiger partial charge in [0.2, 0.25) is 0 Å². The zero-order valence-electron chi connectivity index (χ0n) is 16.2. The van der Waals surface area contributed by atoms with E-state index in [4.69, 9.17) is 0 Å². The van der Waals surface area contributed by atoms with Crippen LogP contribution in [0.2, 0.25) is 0 Å². The smallest absolute Gasteiger partial charge is 0.00904 e. The van der Waals surface area contributed by atoms with Crippen molar-refractivity contribution in [1.29, 1.82) is 0 Å². The average molecular weight is 355 g/mol. The van der Waals surface area contributed by atoms with E-state index in [2.05, 4.69) is 72.8 Å². The topological polar surface area (TPSA) is 0 Å². The van der Waals surface area contributed by atoms with E-state index >= 15 is 0 Å². The van der Waals surface area contributed by atoms with Gasteiger partial charge in [0.15, 0.2) is 0 Å². The molecule has 6 rings (SSSR count). The lowest BCUT2D eigenvalue weighted by Crippen LogP contribution is -2.10. The molecule has 0 radical (unpaired) electrons. The first-order valence-corrected chi connectivity index (χ1v) is 10.8. The van der Waals surface area contributed by atoms with Crippen molar-refractivity contribution in [2.45, 2.75) is 50.9 Å². The van der Waals surface area contributed by atoms with Gasteiger partial charge < -0.3 is 0 Å². The molecule has 138 valence electrons. The fourth-order valence-electron chi connectivity index (χ4n) is 5.84. The molecule has 4 bridgehead atoms.